The monoisotopic (exact) mass is 290 g/mol. The fraction of sp³-hybridized carbons (Fsp3) is 0.647. The van der Waals surface area contributed by atoms with Crippen LogP contribution in [-0.2, 0) is 11.3 Å². The minimum Gasteiger partial charge on any atom is -0.508 e. The molecule has 1 atom stereocenters. The summed E-state index contributed by atoms with van der Waals surface area (Å²) in [7, 11) is 0. The van der Waals surface area contributed by atoms with Crippen LogP contribution in [0.1, 0.15) is 24.8 Å². The lowest BCUT2D eigenvalue weighted by atomic mass is 10.2. The van der Waals surface area contributed by atoms with Crippen LogP contribution >= 0.6 is 0 Å². The molecule has 0 aliphatic carbocycles. The number of likely N-dealkylation sites (tertiary alicyclic amines) is 1. The van der Waals surface area contributed by atoms with Gasteiger partial charge >= 0.3 is 0 Å². The van der Waals surface area contributed by atoms with E-state index in [0.717, 1.165) is 39.2 Å². The zero-order valence-corrected chi connectivity index (χ0v) is 12.7. The summed E-state index contributed by atoms with van der Waals surface area (Å²) in [6.07, 6.45) is 4.08. The molecule has 2 aliphatic rings. The van der Waals surface area contributed by atoms with E-state index in [4.69, 9.17) is 4.74 Å². The van der Waals surface area contributed by atoms with Crippen LogP contribution in [0.2, 0.25) is 0 Å². The highest BCUT2D eigenvalue weighted by Crippen LogP contribution is 2.16. The SMILES string of the molecule is Oc1cccc(CN2CCCO[C@@H](CN3CCCC3)C2)c1. The molecule has 116 valence electrons. The van der Waals surface area contributed by atoms with E-state index >= 15 is 0 Å². The molecule has 3 rings (SSSR count). The molecule has 4 nitrogen and oxygen atoms in total. The van der Waals surface area contributed by atoms with Crippen LogP contribution < -0.4 is 0 Å². The van der Waals surface area contributed by atoms with Crippen LogP contribution in [0.3, 0.4) is 0 Å². The van der Waals surface area contributed by atoms with E-state index < -0.39 is 0 Å². The molecule has 0 radical (unpaired) electrons. The van der Waals surface area contributed by atoms with Crippen molar-refractivity contribution in [1.29, 1.82) is 0 Å². The normalized spacial score (nSPS) is 25.0. The van der Waals surface area contributed by atoms with Crippen molar-refractivity contribution >= 4 is 0 Å². The summed E-state index contributed by atoms with van der Waals surface area (Å²) in [5.41, 5.74) is 1.18. The Balaban J connectivity index is 1.56. The molecule has 2 fully saturated rings. The van der Waals surface area contributed by atoms with Crippen LogP contribution in [0.15, 0.2) is 24.3 Å². The third-order valence-electron chi connectivity index (χ3n) is 4.41. The Labute approximate surface area is 127 Å². The molecule has 2 aliphatic heterocycles. The molecule has 0 aromatic heterocycles. The van der Waals surface area contributed by atoms with Gasteiger partial charge in [0.2, 0.25) is 0 Å². The summed E-state index contributed by atoms with van der Waals surface area (Å²) in [6, 6.07) is 7.59. The van der Waals surface area contributed by atoms with Gasteiger partial charge in [-0.25, -0.2) is 0 Å². The molecule has 1 aromatic carbocycles. The highest BCUT2D eigenvalue weighted by atomic mass is 16.5. The van der Waals surface area contributed by atoms with Crippen molar-refractivity contribution in [3.63, 3.8) is 0 Å². The summed E-state index contributed by atoms with van der Waals surface area (Å²) in [5.74, 6) is 0.354. The van der Waals surface area contributed by atoms with Gasteiger partial charge in [-0.3, -0.25) is 4.90 Å². The average molecular weight is 290 g/mol. The van der Waals surface area contributed by atoms with Gasteiger partial charge in [0.15, 0.2) is 0 Å². The number of phenolic OH excluding ortho intramolecular Hbond substituents is 1. The predicted molar refractivity (Wildman–Crippen MR) is 83.4 cm³/mol. The van der Waals surface area contributed by atoms with Crippen LogP contribution in [0.5, 0.6) is 5.75 Å². The molecule has 0 saturated carbocycles. The molecule has 0 amide bonds. The first kappa shape index (κ1) is 14.8. The van der Waals surface area contributed by atoms with E-state index in [2.05, 4.69) is 15.9 Å². The van der Waals surface area contributed by atoms with E-state index in [1.54, 1.807) is 6.07 Å². The van der Waals surface area contributed by atoms with Crippen LogP contribution in [-0.4, -0.2) is 60.3 Å². The Morgan fingerprint density at radius 2 is 1.90 bits per heavy atom. The van der Waals surface area contributed by atoms with E-state index in [0.29, 0.717) is 11.9 Å². The number of aromatic hydroxyl groups is 1. The minimum absolute atomic E-state index is 0.322. The zero-order valence-electron chi connectivity index (χ0n) is 12.7. The molecule has 0 spiro atoms. The molecule has 0 unspecified atom stereocenters. The molecule has 21 heavy (non-hydrogen) atoms. The summed E-state index contributed by atoms with van der Waals surface area (Å²) in [4.78, 5) is 4.99. The van der Waals surface area contributed by atoms with Gasteiger partial charge in [0.25, 0.3) is 0 Å². The Kier molecular flexibility index (Phi) is 5.12. The fourth-order valence-corrected chi connectivity index (χ4v) is 3.39. The maximum atomic E-state index is 9.59. The topological polar surface area (TPSA) is 35.9 Å². The van der Waals surface area contributed by atoms with Gasteiger partial charge in [0, 0.05) is 32.8 Å². The Hall–Kier alpha value is -1.10. The van der Waals surface area contributed by atoms with Crippen molar-refractivity contribution in [2.45, 2.75) is 31.9 Å². The van der Waals surface area contributed by atoms with Gasteiger partial charge in [-0.15, -0.1) is 0 Å². The van der Waals surface area contributed by atoms with Crippen molar-refractivity contribution in [3.8, 4) is 5.75 Å². The van der Waals surface area contributed by atoms with Crippen LogP contribution in [0.4, 0.5) is 0 Å². The van der Waals surface area contributed by atoms with E-state index in [-0.39, 0.29) is 0 Å². The van der Waals surface area contributed by atoms with Gasteiger partial charge < -0.3 is 14.7 Å². The standard InChI is InChI=1S/C17H26N2O2/c20-16-6-3-5-15(11-16)12-19-9-4-10-21-17(14-19)13-18-7-1-2-8-18/h3,5-6,11,17,20H,1-2,4,7-10,12-14H2/t17-/m0/s1. The third-order valence-corrected chi connectivity index (χ3v) is 4.41. The Morgan fingerprint density at radius 1 is 1.10 bits per heavy atom. The number of nitrogens with zero attached hydrogens (tertiary/aromatic N) is 2. The van der Waals surface area contributed by atoms with E-state index in [1.807, 2.05) is 12.1 Å². The minimum atomic E-state index is 0.322. The number of benzene rings is 1. The van der Waals surface area contributed by atoms with Crippen LogP contribution in [0.25, 0.3) is 0 Å². The third kappa shape index (κ3) is 4.43. The largest absolute Gasteiger partial charge is 0.508 e. The lowest BCUT2D eigenvalue weighted by Gasteiger charge is -2.27. The second-order valence-electron chi connectivity index (χ2n) is 6.26. The molecule has 2 heterocycles. The average Bonchev–Trinajstić information content (AvgIpc) is 2.86. The van der Waals surface area contributed by atoms with Crippen molar-refractivity contribution in [3.05, 3.63) is 29.8 Å². The molecule has 0 bridgehead atoms. The van der Waals surface area contributed by atoms with Gasteiger partial charge in [-0.05, 0) is 50.0 Å². The maximum absolute atomic E-state index is 9.59. The first-order chi connectivity index (χ1) is 10.3. The summed E-state index contributed by atoms with van der Waals surface area (Å²) < 4.78 is 6.02. The first-order valence-electron chi connectivity index (χ1n) is 8.14. The molecule has 4 heteroatoms. The van der Waals surface area contributed by atoms with Crippen LogP contribution in [0, 0.1) is 0 Å². The Morgan fingerprint density at radius 3 is 2.71 bits per heavy atom. The van der Waals surface area contributed by atoms with Crippen molar-refractivity contribution in [1.82, 2.24) is 9.80 Å². The fourth-order valence-electron chi connectivity index (χ4n) is 3.39. The summed E-state index contributed by atoms with van der Waals surface area (Å²) in [5, 5.41) is 9.59. The van der Waals surface area contributed by atoms with Gasteiger partial charge in [0.1, 0.15) is 5.75 Å². The van der Waals surface area contributed by atoms with Gasteiger partial charge in [-0.1, -0.05) is 12.1 Å². The number of ether oxygens (including phenoxy) is 1. The molecule has 2 saturated heterocycles. The zero-order chi connectivity index (χ0) is 14.5. The number of hydrogen-bond donors (Lipinski definition) is 1. The number of hydrogen-bond acceptors (Lipinski definition) is 4. The van der Waals surface area contributed by atoms with Gasteiger partial charge in [-0.2, -0.15) is 0 Å². The van der Waals surface area contributed by atoms with E-state index in [9.17, 15) is 5.11 Å². The number of phenols is 1. The van der Waals surface area contributed by atoms with Crippen molar-refractivity contribution in [2.75, 3.05) is 39.3 Å². The molecule has 1 N–H and O–H groups in total. The predicted octanol–water partition coefficient (Wildman–Crippen LogP) is 2.08. The molecule has 1 aromatic rings. The van der Waals surface area contributed by atoms with Crippen molar-refractivity contribution in [2.24, 2.45) is 0 Å². The number of rotatable bonds is 4. The highest BCUT2D eigenvalue weighted by Gasteiger charge is 2.22. The highest BCUT2D eigenvalue weighted by molar-refractivity contribution is 5.27. The maximum Gasteiger partial charge on any atom is 0.115 e. The smallest absolute Gasteiger partial charge is 0.115 e. The first-order valence-corrected chi connectivity index (χ1v) is 8.14. The summed E-state index contributed by atoms with van der Waals surface area (Å²) in [6.45, 7) is 7.36. The van der Waals surface area contributed by atoms with Gasteiger partial charge in [0.05, 0.1) is 6.10 Å². The molecular formula is C17H26N2O2. The van der Waals surface area contributed by atoms with Crippen molar-refractivity contribution < 1.29 is 9.84 Å². The quantitative estimate of drug-likeness (QED) is 0.921. The second kappa shape index (κ2) is 7.25. The van der Waals surface area contributed by atoms with E-state index in [1.165, 1.54) is 31.5 Å². The summed E-state index contributed by atoms with van der Waals surface area (Å²) >= 11 is 0. The molecular weight excluding hydrogens is 264 g/mol. The lowest BCUT2D eigenvalue weighted by molar-refractivity contribution is 0.0308. The Bertz CT molecular complexity index is 446. The lowest BCUT2D eigenvalue weighted by Crippen LogP contribution is -2.39. The second-order valence-corrected chi connectivity index (χ2v) is 6.26.